The van der Waals surface area contributed by atoms with Gasteiger partial charge in [0.15, 0.2) is 23.1 Å². The molecule has 0 N–H and O–H groups in total. The molecule has 1 saturated heterocycles. The molecule has 0 bridgehead atoms. The summed E-state index contributed by atoms with van der Waals surface area (Å²) in [6, 6.07) is 8.09. The summed E-state index contributed by atoms with van der Waals surface area (Å²) in [4.78, 5) is 28.3. The molecule has 0 aromatic heterocycles. The summed E-state index contributed by atoms with van der Waals surface area (Å²) >= 11 is 0. The number of rotatable bonds is 2. The number of carbonyl (C=O) groups excluding carboxylic acids is 2. The molecule has 8 heteroatoms. The molecule has 0 saturated carbocycles. The van der Waals surface area contributed by atoms with E-state index in [0.717, 1.165) is 12.1 Å². The Morgan fingerprint density at radius 1 is 0.741 bits per heavy atom. The highest BCUT2D eigenvalue weighted by Gasteiger charge is 2.27. The number of ether oxygens (including phenoxy) is 2. The first-order valence-electron chi connectivity index (χ1n) is 8.46. The second kappa shape index (κ2) is 6.86. The van der Waals surface area contributed by atoms with E-state index in [0.29, 0.717) is 43.2 Å². The van der Waals surface area contributed by atoms with Crippen LogP contribution in [0, 0.1) is 11.6 Å². The van der Waals surface area contributed by atoms with E-state index in [9.17, 15) is 18.4 Å². The monoisotopic (exact) mass is 374 g/mol. The molecule has 2 heterocycles. The molecule has 0 unspecified atom stereocenters. The third-order valence-electron chi connectivity index (χ3n) is 4.64. The molecule has 4 rings (SSSR count). The number of amides is 2. The fourth-order valence-corrected chi connectivity index (χ4v) is 3.14. The first kappa shape index (κ1) is 17.3. The summed E-state index contributed by atoms with van der Waals surface area (Å²) in [6.07, 6.45) is 0. The lowest BCUT2D eigenvalue weighted by Crippen LogP contribution is -2.50. The van der Waals surface area contributed by atoms with Gasteiger partial charge in [0.2, 0.25) is 6.79 Å². The minimum absolute atomic E-state index is 0.0875. The largest absolute Gasteiger partial charge is 0.454 e. The van der Waals surface area contributed by atoms with Crippen LogP contribution < -0.4 is 9.47 Å². The number of nitrogens with zero attached hydrogens (tertiary/aromatic N) is 2. The number of carbonyl (C=O) groups is 2. The lowest BCUT2D eigenvalue weighted by Gasteiger charge is -2.35. The molecule has 2 aromatic rings. The summed E-state index contributed by atoms with van der Waals surface area (Å²) in [5, 5.41) is 0. The molecule has 0 aliphatic carbocycles. The Balaban J connectivity index is 1.40. The maximum absolute atomic E-state index is 13.3. The fraction of sp³-hybridized carbons (Fsp3) is 0.263. The van der Waals surface area contributed by atoms with Gasteiger partial charge < -0.3 is 19.3 Å². The average molecular weight is 374 g/mol. The number of benzene rings is 2. The molecule has 0 atom stereocenters. The van der Waals surface area contributed by atoms with Crippen LogP contribution in [0.2, 0.25) is 0 Å². The Hall–Kier alpha value is -3.16. The quantitative estimate of drug-likeness (QED) is 0.809. The lowest BCUT2D eigenvalue weighted by molar-refractivity contribution is 0.0535. The van der Waals surface area contributed by atoms with Gasteiger partial charge in [-0.05, 0) is 36.4 Å². The average Bonchev–Trinajstić information content (AvgIpc) is 3.17. The van der Waals surface area contributed by atoms with Crippen LogP contribution >= 0.6 is 0 Å². The zero-order valence-corrected chi connectivity index (χ0v) is 14.3. The number of hydrogen-bond acceptors (Lipinski definition) is 4. The molecule has 2 amide bonds. The zero-order chi connectivity index (χ0) is 19.0. The Morgan fingerprint density at radius 2 is 1.30 bits per heavy atom. The van der Waals surface area contributed by atoms with Gasteiger partial charge in [0.05, 0.1) is 0 Å². The number of hydrogen-bond donors (Lipinski definition) is 0. The maximum Gasteiger partial charge on any atom is 0.254 e. The fourth-order valence-electron chi connectivity index (χ4n) is 3.14. The first-order chi connectivity index (χ1) is 13.0. The van der Waals surface area contributed by atoms with E-state index in [1.165, 1.54) is 11.0 Å². The van der Waals surface area contributed by atoms with Gasteiger partial charge in [-0.15, -0.1) is 0 Å². The van der Waals surface area contributed by atoms with Crippen LogP contribution in [0.3, 0.4) is 0 Å². The van der Waals surface area contributed by atoms with Crippen LogP contribution in [-0.4, -0.2) is 54.6 Å². The molecule has 2 aliphatic rings. The van der Waals surface area contributed by atoms with Gasteiger partial charge in [-0.2, -0.15) is 0 Å². The molecule has 6 nitrogen and oxygen atoms in total. The van der Waals surface area contributed by atoms with Crippen molar-refractivity contribution in [3.63, 3.8) is 0 Å². The molecule has 2 aromatic carbocycles. The van der Waals surface area contributed by atoms with Gasteiger partial charge >= 0.3 is 0 Å². The van der Waals surface area contributed by atoms with E-state index >= 15 is 0 Å². The number of halogens is 2. The summed E-state index contributed by atoms with van der Waals surface area (Å²) < 4.78 is 36.9. The highest BCUT2D eigenvalue weighted by atomic mass is 19.2. The van der Waals surface area contributed by atoms with Crippen molar-refractivity contribution in [2.45, 2.75) is 0 Å². The summed E-state index contributed by atoms with van der Waals surface area (Å²) in [7, 11) is 0. The van der Waals surface area contributed by atoms with Crippen molar-refractivity contribution in [2.75, 3.05) is 33.0 Å². The third-order valence-corrected chi connectivity index (χ3v) is 4.64. The van der Waals surface area contributed by atoms with Crippen molar-refractivity contribution in [2.24, 2.45) is 0 Å². The van der Waals surface area contributed by atoms with Gasteiger partial charge in [0.25, 0.3) is 11.8 Å². The van der Waals surface area contributed by atoms with E-state index in [-0.39, 0.29) is 24.2 Å². The van der Waals surface area contributed by atoms with E-state index in [1.54, 1.807) is 23.1 Å². The maximum atomic E-state index is 13.3. The lowest BCUT2D eigenvalue weighted by atomic mass is 10.1. The summed E-state index contributed by atoms with van der Waals surface area (Å²) in [5.41, 5.74) is 0.573. The van der Waals surface area contributed by atoms with Crippen molar-refractivity contribution >= 4 is 11.8 Å². The topological polar surface area (TPSA) is 59.1 Å². The minimum Gasteiger partial charge on any atom is -0.454 e. The molecule has 0 radical (unpaired) electrons. The molecule has 0 spiro atoms. The first-order valence-corrected chi connectivity index (χ1v) is 8.46. The Bertz CT molecular complexity index is 911. The van der Waals surface area contributed by atoms with Crippen molar-refractivity contribution in [1.82, 2.24) is 9.80 Å². The van der Waals surface area contributed by atoms with Gasteiger partial charge in [-0.1, -0.05) is 0 Å². The van der Waals surface area contributed by atoms with Gasteiger partial charge in [-0.3, -0.25) is 9.59 Å². The standard InChI is InChI=1S/C19H16F2N2O4/c20-14-3-1-12(9-15(14)21)18(24)22-5-7-23(8-6-22)19(25)13-2-4-16-17(10-13)27-11-26-16/h1-4,9-10H,5-8,11H2. The second-order valence-corrected chi connectivity index (χ2v) is 6.28. The second-order valence-electron chi connectivity index (χ2n) is 6.28. The van der Waals surface area contributed by atoms with Crippen LogP contribution in [0.15, 0.2) is 36.4 Å². The van der Waals surface area contributed by atoms with Crippen LogP contribution in [0.25, 0.3) is 0 Å². The molecule has 27 heavy (non-hydrogen) atoms. The van der Waals surface area contributed by atoms with Gasteiger partial charge in [0, 0.05) is 37.3 Å². The van der Waals surface area contributed by atoms with E-state index in [2.05, 4.69) is 0 Å². The number of piperazine rings is 1. The van der Waals surface area contributed by atoms with E-state index in [4.69, 9.17) is 9.47 Å². The molecule has 1 fully saturated rings. The number of fused-ring (bicyclic) bond motifs is 1. The van der Waals surface area contributed by atoms with Gasteiger partial charge in [0.1, 0.15) is 0 Å². The summed E-state index contributed by atoms with van der Waals surface area (Å²) in [6.45, 7) is 1.46. The SMILES string of the molecule is O=C(c1ccc(F)c(F)c1)N1CCN(C(=O)c2ccc3c(c2)OCO3)CC1. The molecular formula is C19H16F2N2O4. The van der Waals surface area contributed by atoms with Gasteiger partial charge in [-0.25, -0.2) is 8.78 Å². The molecule has 140 valence electrons. The van der Waals surface area contributed by atoms with Crippen molar-refractivity contribution < 1.29 is 27.8 Å². The van der Waals surface area contributed by atoms with Crippen LogP contribution in [0.1, 0.15) is 20.7 Å². The van der Waals surface area contributed by atoms with Crippen molar-refractivity contribution in [3.05, 3.63) is 59.2 Å². The highest BCUT2D eigenvalue weighted by Crippen LogP contribution is 2.32. The predicted molar refractivity (Wildman–Crippen MR) is 90.7 cm³/mol. The Labute approximate surface area is 153 Å². The van der Waals surface area contributed by atoms with Crippen LogP contribution in [0.5, 0.6) is 11.5 Å². The van der Waals surface area contributed by atoms with E-state index < -0.39 is 11.6 Å². The van der Waals surface area contributed by atoms with Crippen molar-refractivity contribution in [1.29, 1.82) is 0 Å². The van der Waals surface area contributed by atoms with Crippen LogP contribution in [0.4, 0.5) is 8.78 Å². The Morgan fingerprint density at radius 3 is 1.93 bits per heavy atom. The smallest absolute Gasteiger partial charge is 0.254 e. The third kappa shape index (κ3) is 3.30. The van der Waals surface area contributed by atoms with Crippen LogP contribution in [-0.2, 0) is 0 Å². The van der Waals surface area contributed by atoms with E-state index in [1.807, 2.05) is 0 Å². The Kier molecular flexibility index (Phi) is 4.39. The normalized spacial score (nSPS) is 15.8. The highest BCUT2D eigenvalue weighted by molar-refractivity contribution is 5.96. The molecule has 2 aliphatic heterocycles. The van der Waals surface area contributed by atoms with Crippen molar-refractivity contribution in [3.8, 4) is 11.5 Å². The predicted octanol–water partition coefficient (Wildman–Crippen LogP) is 2.29. The minimum atomic E-state index is -1.06. The molecular weight excluding hydrogens is 358 g/mol. The summed E-state index contributed by atoms with van der Waals surface area (Å²) in [5.74, 6) is -1.46. The zero-order valence-electron chi connectivity index (χ0n) is 14.3.